The summed E-state index contributed by atoms with van der Waals surface area (Å²) >= 11 is 4.55. The second-order valence-electron chi connectivity index (χ2n) is 2.84. The zero-order valence-corrected chi connectivity index (χ0v) is 10.3. The Bertz CT molecular complexity index is 509. The van der Waals surface area contributed by atoms with Gasteiger partial charge in [-0.15, -0.1) is 0 Å². The van der Waals surface area contributed by atoms with Crippen LogP contribution in [0.4, 0.5) is 0 Å². The summed E-state index contributed by atoms with van der Waals surface area (Å²) in [4.78, 5) is 14.7. The third-order valence-electron chi connectivity index (χ3n) is 1.70. The van der Waals surface area contributed by atoms with E-state index >= 15 is 0 Å². The van der Waals surface area contributed by atoms with Crippen LogP contribution in [0.25, 0.3) is 0 Å². The molecule has 2 aromatic heterocycles. The monoisotopic (exact) mass is 299 g/mol. The summed E-state index contributed by atoms with van der Waals surface area (Å²) in [6.07, 6.45) is 1.67. The Labute approximate surface area is 104 Å². The van der Waals surface area contributed by atoms with Gasteiger partial charge in [0.25, 0.3) is 0 Å². The van der Waals surface area contributed by atoms with Crippen molar-refractivity contribution < 1.29 is 14.3 Å². The lowest BCUT2D eigenvalue weighted by atomic mass is 10.5. The van der Waals surface area contributed by atoms with Gasteiger partial charge in [-0.2, -0.15) is 0 Å². The highest BCUT2D eigenvalue weighted by Gasteiger charge is 2.10. The second-order valence-corrected chi connectivity index (χ2v) is 4.78. The first-order valence-corrected chi connectivity index (χ1v) is 5.88. The molecule has 0 unspecified atom stereocenters. The van der Waals surface area contributed by atoms with E-state index in [0.717, 1.165) is 9.50 Å². The minimum absolute atomic E-state index is 0.0698. The molecule has 0 bridgehead atoms. The van der Waals surface area contributed by atoms with Crippen molar-refractivity contribution in [3.63, 3.8) is 0 Å². The molecule has 2 aromatic rings. The molecule has 16 heavy (non-hydrogen) atoms. The highest BCUT2D eigenvalue weighted by Crippen LogP contribution is 2.28. The van der Waals surface area contributed by atoms with Crippen molar-refractivity contribution >= 4 is 33.7 Å². The van der Waals surface area contributed by atoms with Gasteiger partial charge >= 0.3 is 5.97 Å². The molecule has 6 heteroatoms. The van der Waals surface area contributed by atoms with E-state index < -0.39 is 5.97 Å². The number of rotatable bonds is 3. The van der Waals surface area contributed by atoms with Crippen molar-refractivity contribution in [2.75, 3.05) is 0 Å². The average molecular weight is 300 g/mol. The summed E-state index contributed by atoms with van der Waals surface area (Å²) in [6.45, 7) is 0. The van der Waals surface area contributed by atoms with Crippen LogP contribution < -0.4 is 0 Å². The standard InChI is InChI=1S/C10H6BrNO3S/c11-6-1-3-8(12-5-6)16-9-4-2-7(15-9)10(13)14/h1-5H,(H,13,14). The molecule has 0 aliphatic heterocycles. The van der Waals surface area contributed by atoms with E-state index in [1.165, 1.54) is 17.8 Å². The van der Waals surface area contributed by atoms with Gasteiger partial charge in [-0.25, -0.2) is 9.78 Å². The lowest BCUT2D eigenvalue weighted by Gasteiger charge is -1.96. The Balaban J connectivity index is 2.14. The number of hydrogen-bond acceptors (Lipinski definition) is 4. The number of halogens is 1. The van der Waals surface area contributed by atoms with Gasteiger partial charge in [0.15, 0.2) is 5.09 Å². The number of hydrogen-bond donors (Lipinski definition) is 1. The summed E-state index contributed by atoms with van der Waals surface area (Å²) in [5.74, 6) is -1.14. The highest BCUT2D eigenvalue weighted by atomic mass is 79.9. The highest BCUT2D eigenvalue weighted by molar-refractivity contribution is 9.10. The van der Waals surface area contributed by atoms with Gasteiger partial charge in [0.05, 0.1) is 0 Å². The normalized spacial score (nSPS) is 10.3. The summed E-state index contributed by atoms with van der Waals surface area (Å²) in [5.41, 5.74) is 0. The van der Waals surface area contributed by atoms with Gasteiger partial charge in [-0.05, 0) is 52.0 Å². The molecule has 0 saturated carbocycles. The maximum atomic E-state index is 10.6. The van der Waals surface area contributed by atoms with Gasteiger partial charge in [0, 0.05) is 10.7 Å². The number of pyridine rings is 1. The fourth-order valence-corrected chi connectivity index (χ4v) is 1.97. The van der Waals surface area contributed by atoms with E-state index in [2.05, 4.69) is 20.9 Å². The van der Waals surface area contributed by atoms with Crippen LogP contribution in [0.3, 0.4) is 0 Å². The lowest BCUT2D eigenvalue weighted by molar-refractivity contribution is 0.0656. The largest absolute Gasteiger partial charge is 0.475 e. The zero-order valence-electron chi connectivity index (χ0n) is 7.88. The molecule has 2 heterocycles. The number of carboxylic acids is 1. The summed E-state index contributed by atoms with van der Waals surface area (Å²) < 4.78 is 5.98. The second kappa shape index (κ2) is 4.71. The fraction of sp³-hybridized carbons (Fsp3) is 0. The van der Waals surface area contributed by atoms with Crippen LogP contribution in [0.2, 0.25) is 0 Å². The molecule has 0 aliphatic carbocycles. The number of carboxylic acid groups (broad SMARTS) is 1. The van der Waals surface area contributed by atoms with E-state index in [1.807, 2.05) is 12.1 Å². The third kappa shape index (κ3) is 2.65. The molecule has 1 N–H and O–H groups in total. The number of aromatic nitrogens is 1. The fourth-order valence-electron chi connectivity index (χ4n) is 1.02. The molecule has 0 aromatic carbocycles. The molecule has 0 fully saturated rings. The van der Waals surface area contributed by atoms with Gasteiger partial charge in [-0.3, -0.25) is 0 Å². The molecule has 2 rings (SSSR count). The molecule has 4 nitrogen and oxygen atoms in total. The Kier molecular flexibility index (Phi) is 3.31. The smallest absolute Gasteiger partial charge is 0.371 e. The first-order valence-electron chi connectivity index (χ1n) is 4.28. The maximum Gasteiger partial charge on any atom is 0.371 e. The third-order valence-corrected chi connectivity index (χ3v) is 3.04. The van der Waals surface area contributed by atoms with Gasteiger partial charge in [0.2, 0.25) is 5.76 Å². The van der Waals surface area contributed by atoms with E-state index in [1.54, 1.807) is 12.3 Å². The molecule has 0 radical (unpaired) electrons. The molecular formula is C10H6BrNO3S. The molecule has 0 spiro atoms. The molecule has 0 atom stereocenters. The Hall–Kier alpha value is -1.27. The lowest BCUT2D eigenvalue weighted by Crippen LogP contribution is -1.91. The van der Waals surface area contributed by atoms with Gasteiger partial charge < -0.3 is 9.52 Å². The molecule has 82 valence electrons. The SMILES string of the molecule is O=C(O)c1ccc(Sc2ccc(Br)cn2)o1. The van der Waals surface area contributed by atoms with Crippen LogP contribution in [0.1, 0.15) is 10.6 Å². The topological polar surface area (TPSA) is 63.3 Å². The van der Waals surface area contributed by atoms with Crippen LogP contribution >= 0.6 is 27.7 Å². The number of carbonyl (C=O) groups is 1. The van der Waals surface area contributed by atoms with Crippen LogP contribution in [0, 0.1) is 0 Å². The van der Waals surface area contributed by atoms with Gasteiger partial charge in [-0.1, -0.05) is 0 Å². The zero-order chi connectivity index (χ0) is 11.5. The number of nitrogens with zero attached hydrogens (tertiary/aromatic N) is 1. The molecular weight excluding hydrogens is 294 g/mol. The van der Waals surface area contributed by atoms with Crippen molar-refractivity contribution in [3.8, 4) is 0 Å². The summed E-state index contributed by atoms with van der Waals surface area (Å²) in [5, 5.41) is 9.93. The van der Waals surface area contributed by atoms with Crippen molar-refractivity contribution in [2.45, 2.75) is 10.1 Å². The van der Waals surface area contributed by atoms with Crippen molar-refractivity contribution in [2.24, 2.45) is 0 Å². The molecule has 0 saturated heterocycles. The van der Waals surface area contributed by atoms with Crippen LogP contribution in [0.5, 0.6) is 0 Å². The van der Waals surface area contributed by atoms with Crippen LogP contribution in [-0.2, 0) is 0 Å². The van der Waals surface area contributed by atoms with E-state index in [4.69, 9.17) is 9.52 Å². The number of aromatic carboxylic acids is 1. The van der Waals surface area contributed by atoms with Crippen molar-refractivity contribution in [1.29, 1.82) is 0 Å². The maximum absolute atomic E-state index is 10.6. The summed E-state index contributed by atoms with van der Waals surface area (Å²) in [6, 6.07) is 6.70. The Morgan fingerprint density at radius 2 is 2.19 bits per heavy atom. The molecule has 0 amide bonds. The minimum atomic E-state index is -1.07. The predicted octanol–water partition coefficient (Wildman–Crippen LogP) is 3.29. The van der Waals surface area contributed by atoms with Crippen LogP contribution in [-0.4, -0.2) is 16.1 Å². The van der Waals surface area contributed by atoms with E-state index in [-0.39, 0.29) is 5.76 Å². The quantitative estimate of drug-likeness (QED) is 0.942. The Morgan fingerprint density at radius 1 is 1.38 bits per heavy atom. The first kappa shape index (κ1) is 11.2. The van der Waals surface area contributed by atoms with Crippen molar-refractivity contribution in [1.82, 2.24) is 4.98 Å². The first-order chi connectivity index (χ1) is 7.65. The average Bonchev–Trinajstić information content (AvgIpc) is 2.70. The Morgan fingerprint density at radius 3 is 2.75 bits per heavy atom. The van der Waals surface area contributed by atoms with Crippen molar-refractivity contribution in [3.05, 3.63) is 40.7 Å². The molecule has 0 aliphatic rings. The van der Waals surface area contributed by atoms with E-state index in [0.29, 0.717) is 5.09 Å². The number of furan rings is 1. The van der Waals surface area contributed by atoms with Crippen LogP contribution in [0.15, 0.2) is 49.5 Å². The summed E-state index contributed by atoms with van der Waals surface area (Å²) in [7, 11) is 0. The van der Waals surface area contributed by atoms with E-state index in [9.17, 15) is 4.79 Å². The van der Waals surface area contributed by atoms with Gasteiger partial charge in [0.1, 0.15) is 5.03 Å². The predicted molar refractivity (Wildman–Crippen MR) is 61.7 cm³/mol. The minimum Gasteiger partial charge on any atom is -0.475 e.